The average molecular weight is 445 g/mol. The van der Waals surface area contributed by atoms with Crippen molar-refractivity contribution in [3.63, 3.8) is 0 Å². The molecule has 1 fully saturated rings. The maximum atomic E-state index is 12.7. The number of para-hydroxylation sites is 1. The molecule has 3 aromatic rings. The Balaban J connectivity index is 1.41. The lowest BCUT2D eigenvalue weighted by atomic mass is 10.1. The van der Waals surface area contributed by atoms with Crippen molar-refractivity contribution in [2.75, 3.05) is 5.32 Å². The molecule has 31 heavy (non-hydrogen) atoms. The van der Waals surface area contributed by atoms with Crippen LogP contribution in [0.25, 0.3) is 10.6 Å². The Labute approximate surface area is 180 Å². The number of aromatic nitrogens is 1. The minimum Gasteiger partial charge on any atom is -0.349 e. The van der Waals surface area contributed by atoms with Gasteiger partial charge in [0.1, 0.15) is 5.01 Å². The molecule has 1 heterocycles. The first kappa shape index (κ1) is 21.0. The maximum absolute atomic E-state index is 12.7. The fourth-order valence-electron chi connectivity index (χ4n) is 2.96. The summed E-state index contributed by atoms with van der Waals surface area (Å²) in [5.41, 5.74) is 1.14. The first-order valence-corrected chi connectivity index (χ1v) is 10.5. The molecule has 4 rings (SSSR count). The summed E-state index contributed by atoms with van der Waals surface area (Å²) in [6.07, 6.45) is -2.48. The summed E-state index contributed by atoms with van der Waals surface area (Å²) >= 11 is 1.25. The molecule has 0 aliphatic heterocycles. The minimum absolute atomic E-state index is 0.0181. The smallest absolute Gasteiger partial charge is 0.349 e. The van der Waals surface area contributed by atoms with E-state index in [1.165, 1.54) is 23.5 Å². The third-order valence-electron chi connectivity index (χ3n) is 4.71. The van der Waals surface area contributed by atoms with E-state index >= 15 is 0 Å². The summed E-state index contributed by atoms with van der Waals surface area (Å²) in [4.78, 5) is 29.2. The highest BCUT2D eigenvalue weighted by Crippen LogP contribution is 2.32. The molecule has 1 saturated carbocycles. The van der Waals surface area contributed by atoms with Gasteiger partial charge in [0.05, 0.1) is 28.9 Å². The number of nitrogens with zero attached hydrogens (tertiary/aromatic N) is 1. The molecule has 5 nitrogen and oxygen atoms in total. The van der Waals surface area contributed by atoms with Crippen molar-refractivity contribution >= 4 is 28.8 Å². The predicted octanol–water partition coefficient (Wildman–Crippen LogP) is 4.90. The molecule has 9 heteroatoms. The number of carbonyl (C=O) groups excluding carboxylic acids is 2. The molecule has 0 saturated heterocycles. The molecule has 0 spiro atoms. The molecule has 2 aromatic carbocycles. The molecule has 0 atom stereocenters. The van der Waals surface area contributed by atoms with Gasteiger partial charge in [-0.1, -0.05) is 24.3 Å². The van der Waals surface area contributed by atoms with Crippen molar-refractivity contribution in [2.45, 2.75) is 31.5 Å². The molecular formula is C22H18F3N3O2S. The number of hydrogen-bond acceptors (Lipinski definition) is 4. The van der Waals surface area contributed by atoms with Crippen LogP contribution in [0.5, 0.6) is 0 Å². The number of alkyl halides is 3. The van der Waals surface area contributed by atoms with Crippen LogP contribution in [0.1, 0.15) is 34.5 Å². The topological polar surface area (TPSA) is 71.1 Å². The number of benzene rings is 2. The highest BCUT2D eigenvalue weighted by Gasteiger charge is 2.30. The number of rotatable bonds is 6. The van der Waals surface area contributed by atoms with Crippen LogP contribution < -0.4 is 10.6 Å². The number of thiazole rings is 1. The van der Waals surface area contributed by atoms with E-state index < -0.39 is 11.7 Å². The van der Waals surface area contributed by atoms with E-state index in [9.17, 15) is 22.8 Å². The number of amides is 2. The van der Waals surface area contributed by atoms with E-state index in [2.05, 4.69) is 15.6 Å². The summed E-state index contributed by atoms with van der Waals surface area (Å²) in [6, 6.07) is 11.7. The standard InChI is InChI=1S/C22H18F3N3O2S/c23-22(24,25)14-7-5-13(6-8-14)21-27-16(12-31-21)11-19(29)28-18-4-2-1-3-17(18)20(30)26-15-9-10-15/h1-8,12,15H,9-11H2,(H,26,30)(H,28,29). The Morgan fingerprint density at radius 3 is 2.45 bits per heavy atom. The van der Waals surface area contributed by atoms with Gasteiger partial charge in [-0.3, -0.25) is 9.59 Å². The number of nitrogens with one attached hydrogen (secondary N) is 2. The Morgan fingerprint density at radius 1 is 1.06 bits per heavy atom. The van der Waals surface area contributed by atoms with E-state index in [-0.39, 0.29) is 24.3 Å². The summed E-state index contributed by atoms with van der Waals surface area (Å²) in [5.74, 6) is -0.562. The predicted molar refractivity (Wildman–Crippen MR) is 112 cm³/mol. The lowest BCUT2D eigenvalue weighted by molar-refractivity contribution is -0.137. The van der Waals surface area contributed by atoms with Gasteiger partial charge < -0.3 is 10.6 Å². The zero-order valence-electron chi connectivity index (χ0n) is 16.2. The van der Waals surface area contributed by atoms with Crippen LogP contribution in [0.3, 0.4) is 0 Å². The molecule has 160 valence electrons. The average Bonchev–Trinajstić information content (AvgIpc) is 3.42. The van der Waals surface area contributed by atoms with Gasteiger partial charge in [0.25, 0.3) is 5.91 Å². The second-order valence-corrected chi connectivity index (χ2v) is 8.10. The maximum Gasteiger partial charge on any atom is 0.416 e. The van der Waals surface area contributed by atoms with Crippen LogP contribution >= 0.6 is 11.3 Å². The largest absolute Gasteiger partial charge is 0.416 e. The Morgan fingerprint density at radius 2 is 1.77 bits per heavy atom. The summed E-state index contributed by atoms with van der Waals surface area (Å²) in [5, 5.41) is 7.86. The van der Waals surface area contributed by atoms with Crippen molar-refractivity contribution in [2.24, 2.45) is 0 Å². The number of carbonyl (C=O) groups is 2. The molecular weight excluding hydrogens is 427 g/mol. The zero-order chi connectivity index (χ0) is 22.0. The van der Waals surface area contributed by atoms with Gasteiger partial charge in [0.15, 0.2) is 0 Å². The summed E-state index contributed by atoms with van der Waals surface area (Å²) < 4.78 is 38.1. The van der Waals surface area contributed by atoms with Gasteiger partial charge in [-0.2, -0.15) is 13.2 Å². The second-order valence-electron chi connectivity index (χ2n) is 7.24. The highest BCUT2D eigenvalue weighted by molar-refractivity contribution is 7.13. The monoisotopic (exact) mass is 445 g/mol. The Hall–Kier alpha value is -3.20. The minimum atomic E-state index is -4.39. The Bertz CT molecular complexity index is 1110. The van der Waals surface area contributed by atoms with Crippen LogP contribution in [0.15, 0.2) is 53.9 Å². The molecule has 1 aliphatic carbocycles. The number of anilines is 1. The Kier molecular flexibility index (Phi) is 5.77. The van der Waals surface area contributed by atoms with Crippen molar-refractivity contribution < 1.29 is 22.8 Å². The van der Waals surface area contributed by atoms with Crippen molar-refractivity contribution in [3.8, 4) is 10.6 Å². The van der Waals surface area contributed by atoms with Crippen LogP contribution in [0, 0.1) is 0 Å². The number of halogens is 3. The van der Waals surface area contributed by atoms with Gasteiger partial charge in [0.2, 0.25) is 5.91 Å². The molecule has 0 unspecified atom stereocenters. The second kappa shape index (κ2) is 8.50. The van der Waals surface area contributed by atoms with Gasteiger partial charge in [-0.25, -0.2) is 4.98 Å². The van der Waals surface area contributed by atoms with Gasteiger partial charge in [-0.15, -0.1) is 11.3 Å². The lowest BCUT2D eigenvalue weighted by Gasteiger charge is -2.10. The van der Waals surface area contributed by atoms with E-state index in [1.54, 1.807) is 29.6 Å². The van der Waals surface area contributed by atoms with Crippen LogP contribution in [0.2, 0.25) is 0 Å². The normalized spacial score (nSPS) is 13.6. The summed E-state index contributed by atoms with van der Waals surface area (Å²) in [6.45, 7) is 0. The third-order valence-corrected chi connectivity index (χ3v) is 5.65. The van der Waals surface area contributed by atoms with E-state index in [0.29, 0.717) is 27.5 Å². The van der Waals surface area contributed by atoms with Crippen LogP contribution in [-0.2, 0) is 17.4 Å². The molecule has 0 bridgehead atoms. The van der Waals surface area contributed by atoms with Crippen molar-refractivity contribution in [1.82, 2.24) is 10.3 Å². The molecule has 2 N–H and O–H groups in total. The first-order valence-electron chi connectivity index (χ1n) is 9.61. The van der Waals surface area contributed by atoms with E-state index in [4.69, 9.17) is 0 Å². The molecule has 2 amide bonds. The fourth-order valence-corrected chi connectivity index (χ4v) is 3.79. The number of hydrogen-bond donors (Lipinski definition) is 2. The van der Waals surface area contributed by atoms with E-state index in [0.717, 1.165) is 25.0 Å². The van der Waals surface area contributed by atoms with Gasteiger partial charge in [0, 0.05) is 17.0 Å². The SMILES string of the molecule is O=C(Cc1csc(-c2ccc(C(F)(F)F)cc2)n1)Nc1ccccc1C(=O)NC1CC1. The van der Waals surface area contributed by atoms with Crippen LogP contribution in [0.4, 0.5) is 18.9 Å². The van der Waals surface area contributed by atoms with Crippen LogP contribution in [-0.4, -0.2) is 22.8 Å². The zero-order valence-corrected chi connectivity index (χ0v) is 17.0. The van der Waals surface area contributed by atoms with Crippen molar-refractivity contribution in [3.05, 3.63) is 70.7 Å². The third kappa shape index (κ3) is 5.29. The highest BCUT2D eigenvalue weighted by atomic mass is 32.1. The first-order chi connectivity index (χ1) is 14.8. The molecule has 1 aliphatic rings. The van der Waals surface area contributed by atoms with Crippen molar-refractivity contribution in [1.29, 1.82) is 0 Å². The van der Waals surface area contributed by atoms with Gasteiger partial charge in [-0.05, 0) is 37.1 Å². The molecule has 0 radical (unpaired) electrons. The lowest BCUT2D eigenvalue weighted by Crippen LogP contribution is -2.27. The summed E-state index contributed by atoms with van der Waals surface area (Å²) in [7, 11) is 0. The fraction of sp³-hybridized carbons (Fsp3) is 0.227. The van der Waals surface area contributed by atoms with E-state index in [1.807, 2.05) is 0 Å². The van der Waals surface area contributed by atoms with Gasteiger partial charge >= 0.3 is 6.18 Å². The quantitative estimate of drug-likeness (QED) is 0.567. The molecule has 1 aromatic heterocycles.